The van der Waals surface area contributed by atoms with Gasteiger partial charge in [0.05, 0.1) is 5.69 Å². The van der Waals surface area contributed by atoms with Crippen LogP contribution in [0.5, 0.6) is 11.5 Å². The molecule has 0 radical (unpaired) electrons. The smallest absolute Gasteiger partial charge is 0.339 e. The highest BCUT2D eigenvalue weighted by Crippen LogP contribution is 2.26. The summed E-state index contributed by atoms with van der Waals surface area (Å²) in [4.78, 5) is 24.5. The third-order valence-corrected chi connectivity index (χ3v) is 2.36. The first kappa shape index (κ1) is 12.5. The fraction of sp³-hybridized carbons (Fsp3) is 0. The molecule has 1 N–H and O–H groups in total. The summed E-state index contributed by atoms with van der Waals surface area (Å²) in [6.45, 7) is 0. The number of hydrogen-bond acceptors (Lipinski definition) is 4. The van der Waals surface area contributed by atoms with Gasteiger partial charge in [0.2, 0.25) is 6.08 Å². The molecule has 0 bridgehead atoms. The van der Waals surface area contributed by atoms with Crippen LogP contribution in [-0.4, -0.2) is 17.2 Å². The minimum atomic E-state index is -1.06. The summed E-state index contributed by atoms with van der Waals surface area (Å²) in [5.74, 6) is -0.349. The maximum absolute atomic E-state index is 11.0. The molecule has 0 unspecified atom stereocenters. The molecule has 0 heterocycles. The summed E-state index contributed by atoms with van der Waals surface area (Å²) >= 11 is 0. The molecule has 0 spiro atoms. The number of carbonyl (C=O) groups is 1. The van der Waals surface area contributed by atoms with Crippen molar-refractivity contribution < 1.29 is 19.4 Å². The second-order valence-corrected chi connectivity index (χ2v) is 3.60. The Kier molecular flexibility index (Phi) is 3.71. The Balaban J connectivity index is 2.26. The van der Waals surface area contributed by atoms with E-state index in [1.165, 1.54) is 12.1 Å². The van der Waals surface area contributed by atoms with Crippen molar-refractivity contribution in [2.75, 3.05) is 0 Å². The Hall–Kier alpha value is -2.91. The summed E-state index contributed by atoms with van der Waals surface area (Å²) in [6, 6.07) is 12.7. The van der Waals surface area contributed by atoms with E-state index in [1.807, 2.05) is 0 Å². The van der Waals surface area contributed by atoms with E-state index in [1.54, 1.807) is 42.5 Å². The van der Waals surface area contributed by atoms with Gasteiger partial charge in [0.15, 0.2) is 0 Å². The third-order valence-electron chi connectivity index (χ3n) is 2.36. The maximum Gasteiger partial charge on any atom is 0.339 e. The van der Waals surface area contributed by atoms with E-state index in [2.05, 4.69) is 4.99 Å². The van der Waals surface area contributed by atoms with Gasteiger partial charge in [0, 0.05) is 0 Å². The van der Waals surface area contributed by atoms with E-state index in [4.69, 9.17) is 9.84 Å². The van der Waals surface area contributed by atoms with Crippen LogP contribution in [0.2, 0.25) is 0 Å². The van der Waals surface area contributed by atoms with Crippen molar-refractivity contribution in [2.45, 2.75) is 0 Å². The van der Waals surface area contributed by atoms with Crippen molar-refractivity contribution in [3.63, 3.8) is 0 Å². The summed E-state index contributed by atoms with van der Waals surface area (Å²) in [7, 11) is 0. The Morgan fingerprint density at radius 2 is 1.79 bits per heavy atom. The Labute approximate surface area is 108 Å². The zero-order valence-electron chi connectivity index (χ0n) is 9.74. The van der Waals surface area contributed by atoms with Crippen LogP contribution in [0.15, 0.2) is 53.5 Å². The summed E-state index contributed by atoms with van der Waals surface area (Å²) in [5.41, 5.74) is 0.534. The number of rotatable bonds is 4. The van der Waals surface area contributed by atoms with Gasteiger partial charge in [-0.25, -0.2) is 9.59 Å². The molecule has 0 fully saturated rings. The van der Waals surface area contributed by atoms with E-state index < -0.39 is 5.97 Å². The molecule has 94 valence electrons. The van der Waals surface area contributed by atoms with Crippen molar-refractivity contribution in [1.82, 2.24) is 0 Å². The van der Waals surface area contributed by atoms with Crippen molar-refractivity contribution in [2.24, 2.45) is 4.99 Å². The number of ether oxygens (including phenoxy) is 1. The van der Waals surface area contributed by atoms with Gasteiger partial charge in [-0.15, -0.1) is 0 Å². The normalized spacial score (nSPS) is 9.47. The van der Waals surface area contributed by atoms with E-state index in [-0.39, 0.29) is 11.3 Å². The first-order valence-corrected chi connectivity index (χ1v) is 5.39. The van der Waals surface area contributed by atoms with E-state index in [0.29, 0.717) is 11.4 Å². The lowest BCUT2D eigenvalue weighted by atomic mass is 10.2. The highest BCUT2D eigenvalue weighted by Gasteiger charge is 2.10. The zero-order chi connectivity index (χ0) is 13.7. The molecule has 0 aliphatic carbocycles. The number of para-hydroxylation sites is 1. The van der Waals surface area contributed by atoms with Crippen LogP contribution in [0.25, 0.3) is 0 Å². The topological polar surface area (TPSA) is 76.0 Å². The van der Waals surface area contributed by atoms with Crippen molar-refractivity contribution >= 4 is 17.7 Å². The largest absolute Gasteiger partial charge is 0.478 e. The molecule has 2 aromatic rings. The quantitative estimate of drug-likeness (QED) is 0.672. The number of carbonyl (C=O) groups excluding carboxylic acids is 1. The number of aliphatic imine (C=N–C) groups is 1. The lowest BCUT2D eigenvalue weighted by Gasteiger charge is -2.08. The minimum Gasteiger partial charge on any atom is -0.478 e. The predicted molar refractivity (Wildman–Crippen MR) is 67.7 cm³/mol. The summed E-state index contributed by atoms with van der Waals surface area (Å²) in [6.07, 6.45) is 1.43. The van der Waals surface area contributed by atoms with Gasteiger partial charge in [-0.05, 0) is 36.4 Å². The number of hydrogen-bond donors (Lipinski definition) is 1. The lowest BCUT2D eigenvalue weighted by molar-refractivity contribution is 0.0694. The van der Waals surface area contributed by atoms with Crippen LogP contribution in [0, 0.1) is 0 Å². The minimum absolute atomic E-state index is 0.0810. The third kappa shape index (κ3) is 3.06. The summed E-state index contributed by atoms with van der Waals surface area (Å²) in [5, 5.41) is 9.02. The molecule has 2 aromatic carbocycles. The van der Waals surface area contributed by atoms with Gasteiger partial charge in [-0.1, -0.05) is 12.1 Å². The maximum atomic E-state index is 11.0. The zero-order valence-corrected chi connectivity index (χ0v) is 9.74. The van der Waals surface area contributed by atoms with Gasteiger partial charge < -0.3 is 9.84 Å². The Morgan fingerprint density at radius 3 is 2.42 bits per heavy atom. The number of aromatic carboxylic acids is 1. The van der Waals surface area contributed by atoms with Gasteiger partial charge in [0.1, 0.15) is 17.1 Å². The number of nitrogens with zero attached hydrogens (tertiary/aromatic N) is 1. The van der Waals surface area contributed by atoms with Crippen LogP contribution in [0.1, 0.15) is 10.4 Å². The molecule has 0 aliphatic heterocycles. The number of carboxylic acid groups (broad SMARTS) is 1. The molecule has 0 aromatic heterocycles. The highest BCUT2D eigenvalue weighted by atomic mass is 16.5. The van der Waals surface area contributed by atoms with Crippen molar-refractivity contribution in [3.05, 3.63) is 54.1 Å². The predicted octanol–water partition coefficient (Wildman–Crippen LogP) is 3.14. The number of carboxylic acids is 1. The lowest BCUT2D eigenvalue weighted by Crippen LogP contribution is -1.99. The van der Waals surface area contributed by atoms with E-state index >= 15 is 0 Å². The fourth-order valence-electron chi connectivity index (χ4n) is 1.50. The molecule has 0 atom stereocenters. The molecule has 0 saturated carbocycles. The Morgan fingerprint density at radius 1 is 1.11 bits per heavy atom. The monoisotopic (exact) mass is 255 g/mol. The molecular formula is C14H9NO4. The second-order valence-electron chi connectivity index (χ2n) is 3.60. The SMILES string of the molecule is O=C=Nc1ccc(Oc2ccccc2C(=O)O)cc1. The Bertz CT molecular complexity index is 643. The van der Waals surface area contributed by atoms with Gasteiger partial charge in [-0.2, -0.15) is 4.99 Å². The van der Waals surface area contributed by atoms with Crippen LogP contribution >= 0.6 is 0 Å². The fourth-order valence-corrected chi connectivity index (χ4v) is 1.50. The van der Waals surface area contributed by atoms with Crippen LogP contribution in [-0.2, 0) is 4.79 Å². The van der Waals surface area contributed by atoms with Crippen LogP contribution in [0.3, 0.4) is 0 Å². The molecule has 0 amide bonds. The van der Waals surface area contributed by atoms with Gasteiger partial charge in [0.25, 0.3) is 0 Å². The van der Waals surface area contributed by atoms with Gasteiger partial charge >= 0.3 is 5.97 Å². The molecule has 5 heteroatoms. The summed E-state index contributed by atoms with van der Waals surface area (Å²) < 4.78 is 5.48. The average Bonchev–Trinajstić information content (AvgIpc) is 2.42. The number of benzene rings is 2. The van der Waals surface area contributed by atoms with Crippen LogP contribution < -0.4 is 4.74 Å². The molecule has 0 aliphatic rings. The number of isocyanates is 1. The van der Waals surface area contributed by atoms with Crippen LogP contribution in [0.4, 0.5) is 5.69 Å². The molecule has 5 nitrogen and oxygen atoms in total. The molecule has 2 rings (SSSR count). The molecule has 0 saturated heterocycles. The van der Waals surface area contributed by atoms with E-state index in [0.717, 1.165) is 0 Å². The first-order valence-electron chi connectivity index (χ1n) is 5.39. The second kappa shape index (κ2) is 5.62. The van der Waals surface area contributed by atoms with E-state index in [9.17, 15) is 9.59 Å². The average molecular weight is 255 g/mol. The molecular weight excluding hydrogens is 246 g/mol. The van der Waals surface area contributed by atoms with Gasteiger partial charge in [-0.3, -0.25) is 0 Å². The molecule has 19 heavy (non-hydrogen) atoms. The standard InChI is InChI=1S/C14H9NO4/c16-9-15-10-5-7-11(8-6-10)19-13-4-2-1-3-12(13)14(17)18/h1-8H,(H,17,18). The highest BCUT2D eigenvalue weighted by molar-refractivity contribution is 5.90. The first-order chi connectivity index (χ1) is 9.20. The van der Waals surface area contributed by atoms with Crippen molar-refractivity contribution in [1.29, 1.82) is 0 Å². The van der Waals surface area contributed by atoms with Crippen molar-refractivity contribution in [3.8, 4) is 11.5 Å².